The van der Waals surface area contributed by atoms with Gasteiger partial charge in [0.05, 0.1) is 11.8 Å². The van der Waals surface area contributed by atoms with E-state index in [1.807, 2.05) is 11.6 Å². The molecular formula is C15H27N3O. The molecule has 0 saturated heterocycles. The second-order valence-corrected chi connectivity index (χ2v) is 6.02. The molecule has 1 fully saturated rings. The molecule has 0 aromatic carbocycles. The minimum atomic E-state index is -0.314. The van der Waals surface area contributed by atoms with E-state index < -0.39 is 0 Å². The Balaban J connectivity index is 2.17. The van der Waals surface area contributed by atoms with Crippen molar-refractivity contribution in [1.82, 2.24) is 14.7 Å². The highest BCUT2D eigenvalue weighted by Crippen LogP contribution is 2.37. The highest BCUT2D eigenvalue weighted by atomic mass is 16.3. The molecule has 1 aliphatic carbocycles. The summed E-state index contributed by atoms with van der Waals surface area (Å²) in [7, 11) is 4.19. The van der Waals surface area contributed by atoms with Crippen molar-refractivity contribution in [1.29, 1.82) is 0 Å². The maximum absolute atomic E-state index is 10.8. The van der Waals surface area contributed by atoms with Crippen molar-refractivity contribution in [2.75, 3.05) is 14.1 Å². The van der Waals surface area contributed by atoms with Crippen molar-refractivity contribution in [3.63, 3.8) is 0 Å². The molecule has 0 radical (unpaired) electrons. The van der Waals surface area contributed by atoms with Crippen LogP contribution in [0.5, 0.6) is 0 Å². The van der Waals surface area contributed by atoms with Crippen LogP contribution in [-0.4, -0.2) is 45.5 Å². The molecule has 1 saturated carbocycles. The fourth-order valence-corrected chi connectivity index (χ4v) is 3.49. The van der Waals surface area contributed by atoms with Gasteiger partial charge < -0.3 is 10.0 Å². The molecule has 4 nitrogen and oxygen atoms in total. The van der Waals surface area contributed by atoms with E-state index in [1.165, 1.54) is 12.8 Å². The second-order valence-electron chi connectivity index (χ2n) is 6.02. The Bertz CT molecular complexity index is 419. The van der Waals surface area contributed by atoms with Gasteiger partial charge in [-0.1, -0.05) is 12.8 Å². The lowest BCUT2D eigenvalue weighted by molar-refractivity contribution is -0.00357. The average molecular weight is 265 g/mol. The molecule has 19 heavy (non-hydrogen) atoms. The molecule has 0 amide bonds. The SMILES string of the molecule is CCn1nc(C)cc1CC(O)C1(N(C)C)CCCC1. The number of nitrogens with zero attached hydrogens (tertiary/aromatic N) is 3. The van der Waals surface area contributed by atoms with Crippen LogP contribution < -0.4 is 0 Å². The summed E-state index contributed by atoms with van der Waals surface area (Å²) in [6, 6.07) is 2.10. The number of aromatic nitrogens is 2. The number of hydrogen-bond donors (Lipinski definition) is 1. The summed E-state index contributed by atoms with van der Waals surface area (Å²) in [6.07, 6.45) is 5.03. The van der Waals surface area contributed by atoms with E-state index >= 15 is 0 Å². The van der Waals surface area contributed by atoms with Crippen LogP contribution in [0.4, 0.5) is 0 Å². The lowest BCUT2D eigenvalue weighted by Gasteiger charge is -2.40. The average Bonchev–Trinajstić information content (AvgIpc) is 2.96. The zero-order chi connectivity index (χ0) is 14.0. The van der Waals surface area contributed by atoms with Gasteiger partial charge in [0.15, 0.2) is 0 Å². The smallest absolute Gasteiger partial charge is 0.0778 e. The third-order valence-corrected chi connectivity index (χ3v) is 4.67. The van der Waals surface area contributed by atoms with Crippen LogP contribution in [0.15, 0.2) is 6.07 Å². The molecule has 1 aliphatic rings. The van der Waals surface area contributed by atoms with Crippen molar-refractivity contribution in [2.24, 2.45) is 0 Å². The first-order chi connectivity index (χ1) is 8.99. The second kappa shape index (κ2) is 5.63. The fraction of sp³-hybridized carbons (Fsp3) is 0.800. The van der Waals surface area contributed by atoms with Gasteiger partial charge in [-0.3, -0.25) is 4.68 Å². The number of aryl methyl sites for hydroxylation is 2. The molecule has 1 atom stereocenters. The topological polar surface area (TPSA) is 41.3 Å². The Hall–Kier alpha value is -0.870. The van der Waals surface area contributed by atoms with Gasteiger partial charge in [0.1, 0.15) is 0 Å². The Kier molecular flexibility index (Phi) is 4.31. The van der Waals surface area contributed by atoms with Crippen molar-refractivity contribution < 1.29 is 5.11 Å². The first kappa shape index (κ1) is 14.5. The molecule has 0 aliphatic heterocycles. The van der Waals surface area contributed by atoms with E-state index in [-0.39, 0.29) is 11.6 Å². The van der Waals surface area contributed by atoms with E-state index in [9.17, 15) is 5.11 Å². The van der Waals surface area contributed by atoms with Crippen LogP contribution in [0.2, 0.25) is 0 Å². The van der Waals surface area contributed by atoms with E-state index in [1.54, 1.807) is 0 Å². The van der Waals surface area contributed by atoms with Crippen LogP contribution in [0.25, 0.3) is 0 Å². The molecule has 0 spiro atoms. The Labute approximate surface area is 116 Å². The molecule has 2 rings (SSSR count). The fourth-order valence-electron chi connectivity index (χ4n) is 3.49. The summed E-state index contributed by atoms with van der Waals surface area (Å²) in [5.41, 5.74) is 2.14. The molecule has 1 aromatic rings. The molecule has 1 heterocycles. The Morgan fingerprint density at radius 3 is 2.58 bits per heavy atom. The highest BCUT2D eigenvalue weighted by molar-refractivity contribution is 5.12. The van der Waals surface area contributed by atoms with Crippen molar-refractivity contribution in [2.45, 2.75) is 64.1 Å². The minimum absolute atomic E-state index is 0.0449. The summed E-state index contributed by atoms with van der Waals surface area (Å²) in [4.78, 5) is 2.23. The zero-order valence-electron chi connectivity index (χ0n) is 12.7. The third-order valence-electron chi connectivity index (χ3n) is 4.67. The van der Waals surface area contributed by atoms with Gasteiger partial charge in [-0.25, -0.2) is 0 Å². The zero-order valence-corrected chi connectivity index (χ0v) is 12.7. The van der Waals surface area contributed by atoms with Gasteiger partial charge in [-0.2, -0.15) is 5.10 Å². The largest absolute Gasteiger partial charge is 0.391 e. The van der Waals surface area contributed by atoms with Crippen LogP contribution in [-0.2, 0) is 13.0 Å². The highest BCUT2D eigenvalue weighted by Gasteiger charge is 2.42. The summed E-state index contributed by atoms with van der Waals surface area (Å²) < 4.78 is 2.01. The molecular weight excluding hydrogens is 238 g/mol. The quantitative estimate of drug-likeness (QED) is 0.885. The van der Waals surface area contributed by atoms with Gasteiger partial charge in [0, 0.05) is 24.2 Å². The molecule has 4 heteroatoms. The van der Waals surface area contributed by atoms with E-state index in [4.69, 9.17) is 0 Å². The summed E-state index contributed by atoms with van der Waals surface area (Å²) in [5.74, 6) is 0. The van der Waals surface area contributed by atoms with Gasteiger partial charge in [0.25, 0.3) is 0 Å². The van der Waals surface area contributed by atoms with Crippen LogP contribution >= 0.6 is 0 Å². The van der Waals surface area contributed by atoms with Gasteiger partial charge in [-0.15, -0.1) is 0 Å². The normalized spacial score (nSPS) is 20.1. The first-order valence-electron chi connectivity index (χ1n) is 7.38. The first-order valence-corrected chi connectivity index (χ1v) is 7.38. The van der Waals surface area contributed by atoms with E-state index in [0.717, 1.165) is 30.8 Å². The van der Waals surface area contributed by atoms with Gasteiger partial charge >= 0.3 is 0 Å². The lowest BCUT2D eigenvalue weighted by Crippen LogP contribution is -2.52. The van der Waals surface area contributed by atoms with E-state index in [0.29, 0.717) is 6.42 Å². The summed E-state index contributed by atoms with van der Waals surface area (Å²) >= 11 is 0. The maximum Gasteiger partial charge on any atom is 0.0778 e. The molecule has 1 aromatic heterocycles. The standard InChI is InChI=1S/C15H27N3O/c1-5-18-13(10-12(2)16-18)11-14(19)15(17(3)4)8-6-7-9-15/h10,14,19H,5-9,11H2,1-4H3. The van der Waals surface area contributed by atoms with E-state index in [2.05, 4.69) is 37.1 Å². The van der Waals surface area contributed by atoms with Crippen LogP contribution in [0.3, 0.4) is 0 Å². The van der Waals surface area contributed by atoms with Crippen molar-refractivity contribution in [3.8, 4) is 0 Å². The molecule has 108 valence electrons. The third kappa shape index (κ3) is 2.70. The maximum atomic E-state index is 10.8. The van der Waals surface area contributed by atoms with Gasteiger partial charge in [-0.05, 0) is 46.9 Å². The molecule has 1 N–H and O–H groups in total. The molecule has 0 bridgehead atoms. The summed E-state index contributed by atoms with van der Waals surface area (Å²) in [5, 5.41) is 15.2. The predicted molar refractivity (Wildman–Crippen MR) is 77.2 cm³/mol. The van der Waals surface area contributed by atoms with Crippen LogP contribution in [0.1, 0.15) is 44.0 Å². The van der Waals surface area contributed by atoms with Crippen LogP contribution in [0, 0.1) is 6.92 Å². The Morgan fingerprint density at radius 1 is 1.42 bits per heavy atom. The molecule has 1 unspecified atom stereocenters. The number of hydrogen-bond acceptors (Lipinski definition) is 3. The monoisotopic (exact) mass is 265 g/mol. The number of aliphatic hydroxyl groups is 1. The predicted octanol–water partition coefficient (Wildman–Crippen LogP) is 1.99. The summed E-state index contributed by atoms with van der Waals surface area (Å²) in [6.45, 7) is 4.98. The number of likely N-dealkylation sites (N-methyl/N-ethyl adjacent to an activating group) is 1. The number of rotatable bonds is 5. The minimum Gasteiger partial charge on any atom is -0.391 e. The van der Waals surface area contributed by atoms with Crippen molar-refractivity contribution in [3.05, 3.63) is 17.5 Å². The van der Waals surface area contributed by atoms with Gasteiger partial charge in [0.2, 0.25) is 0 Å². The Morgan fingerprint density at radius 2 is 2.05 bits per heavy atom. The number of aliphatic hydroxyl groups excluding tert-OH is 1. The lowest BCUT2D eigenvalue weighted by atomic mass is 9.86. The van der Waals surface area contributed by atoms with Crippen molar-refractivity contribution >= 4 is 0 Å².